The molecule has 184 valence electrons. The molecule has 3 aromatic carbocycles. The van der Waals surface area contributed by atoms with Gasteiger partial charge in [-0.2, -0.15) is 4.31 Å². The summed E-state index contributed by atoms with van der Waals surface area (Å²) in [5.74, 6) is 0.0970. The van der Waals surface area contributed by atoms with Crippen molar-refractivity contribution in [3.05, 3.63) is 89.5 Å². The van der Waals surface area contributed by atoms with E-state index in [1.54, 1.807) is 16.4 Å². The second-order valence-corrected chi connectivity index (χ2v) is 11.8. The third-order valence-corrected chi connectivity index (χ3v) is 9.75. The third-order valence-electron chi connectivity index (χ3n) is 7.72. The van der Waals surface area contributed by atoms with E-state index < -0.39 is 10.0 Å². The second kappa shape index (κ2) is 9.86. The van der Waals surface area contributed by atoms with Crippen LogP contribution in [0.5, 0.6) is 0 Å². The van der Waals surface area contributed by atoms with Gasteiger partial charge in [0, 0.05) is 31.1 Å². The fraction of sp³-hybridized carbons (Fsp3) is 0.379. The molecule has 3 atom stereocenters. The lowest BCUT2D eigenvalue weighted by molar-refractivity contribution is -0.0553. The molecule has 0 aliphatic carbocycles. The Kier molecular flexibility index (Phi) is 6.82. The lowest BCUT2D eigenvalue weighted by atomic mass is 9.74. The van der Waals surface area contributed by atoms with Crippen molar-refractivity contribution in [2.45, 2.75) is 49.6 Å². The van der Waals surface area contributed by atoms with Crippen molar-refractivity contribution in [1.82, 2.24) is 9.21 Å². The van der Waals surface area contributed by atoms with Gasteiger partial charge in [-0.25, -0.2) is 8.42 Å². The average Bonchev–Trinajstić information content (AvgIpc) is 2.84. The van der Waals surface area contributed by atoms with Crippen LogP contribution in [0, 0.1) is 13.8 Å². The predicted molar refractivity (Wildman–Crippen MR) is 140 cm³/mol. The minimum Gasteiger partial charge on any atom is -0.395 e. The predicted octanol–water partition coefficient (Wildman–Crippen LogP) is 4.58. The zero-order valence-electron chi connectivity index (χ0n) is 20.5. The summed E-state index contributed by atoms with van der Waals surface area (Å²) in [4.78, 5) is 2.71. The average molecular weight is 491 g/mol. The molecule has 1 N–H and O–H groups in total. The van der Waals surface area contributed by atoms with Crippen LogP contribution in [-0.4, -0.2) is 61.1 Å². The largest absolute Gasteiger partial charge is 0.395 e. The third kappa shape index (κ3) is 4.56. The number of hydrogen-bond acceptors (Lipinski definition) is 4. The smallest absolute Gasteiger partial charge is 0.243 e. The summed E-state index contributed by atoms with van der Waals surface area (Å²) in [6.45, 7) is 5.88. The zero-order valence-corrected chi connectivity index (χ0v) is 21.3. The van der Waals surface area contributed by atoms with E-state index in [-0.39, 0.29) is 24.6 Å². The van der Waals surface area contributed by atoms with Crippen molar-refractivity contribution in [2.24, 2.45) is 0 Å². The van der Waals surface area contributed by atoms with E-state index in [1.165, 1.54) is 11.1 Å². The molecule has 5 rings (SSSR count). The van der Waals surface area contributed by atoms with E-state index in [2.05, 4.69) is 60.4 Å². The Morgan fingerprint density at radius 3 is 2.14 bits per heavy atom. The van der Waals surface area contributed by atoms with Crippen LogP contribution in [-0.2, 0) is 10.0 Å². The van der Waals surface area contributed by atoms with Crippen LogP contribution in [0.2, 0.25) is 0 Å². The topological polar surface area (TPSA) is 60.9 Å². The van der Waals surface area contributed by atoms with Gasteiger partial charge in [-0.3, -0.25) is 4.90 Å². The molecule has 0 radical (unpaired) electrons. The fourth-order valence-electron chi connectivity index (χ4n) is 5.76. The molecule has 0 bridgehead atoms. The zero-order chi connectivity index (χ0) is 24.6. The molecule has 3 aromatic rings. The SMILES string of the molecule is Cc1ccc(-c2ccc([C@H]3[C@H](CO)N4CCCCN(S(=O)(=O)c5ccccc5C)C[C@@H]34)cc2)cc1. The van der Waals surface area contributed by atoms with Crippen LogP contribution < -0.4 is 0 Å². The van der Waals surface area contributed by atoms with E-state index in [0.717, 1.165) is 36.1 Å². The van der Waals surface area contributed by atoms with E-state index >= 15 is 0 Å². The minimum absolute atomic E-state index is 0.0198. The van der Waals surface area contributed by atoms with Gasteiger partial charge in [0.25, 0.3) is 0 Å². The molecule has 2 saturated heterocycles. The Balaban J connectivity index is 1.43. The molecule has 5 nitrogen and oxygen atoms in total. The van der Waals surface area contributed by atoms with Crippen LogP contribution in [0.25, 0.3) is 11.1 Å². The van der Waals surface area contributed by atoms with Crippen molar-refractivity contribution in [3.8, 4) is 11.1 Å². The van der Waals surface area contributed by atoms with Crippen molar-refractivity contribution in [2.75, 3.05) is 26.2 Å². The van der Waals surface area contributed by atoms with Crippen molar-refractivity contribution in [3.63, 3.8) is 0 Å². The van der Waals surface area contributed by atoms with Crippen molar-refractivity contribution < 1.29 is 13.5 Å². The summed E-state index contributed by atoms with van der Waals surface area (Å²) in [5, 5.41) is 10.2. The highest BCUT2D eigenvalue weighted by molar-refractivity contribution is 7.89. The first-order valence-corrected chi connectivity index (χ1v) is 13.9. The first kappa shape index (κ1) is 24.2. The van der Waals surface area contributed by atoms with E-state index in [9.17, 15) is 13.5 Å². The van der Waals surface area contributed by atoms with E-state index in [1.807, 2.05) is 19.1 Å². The summed E-state index contributed by atoms with van der Waals surface area (Å²) in [7, 11) is -3.59. The Morgan fingerprint density at radius 1 is 0.857 bits per heavy atom. The highest BCUT2D eigenvalue weighted by atomic mass is 32.2. The van der Waals surface area contributed by atoms with Gasteiger partial charge in [-0.05, 0) is 61.6 Å². The first-order valence-electron chi connectivity index (χ1n) is 12.5. The van der Waals surface area contributed by atoms with Gasteiger partial charge in [-0.15, -0.1) is 0 Å². The molecular formula is C29H34N2O3S. The monoisotopic (exact) mass is 490 g/mol. The van der Waals surface area contributed by atoms with Gasteiger partial charge < -0.3 is 5.11 Å². The van der Waals surface area contributed by atoms with Crippen LogP contribution in [0.3, 0.4) is 0 Å². The molecular weight excluding hydrogens is 456 g/mol. The summed E-state index contributed by atoms with van der Waals surface area (Å²) in [6.07, 6.45) is 1.74. The number of benzene rings is 3. The lowest BCUT2D eigenvalue weighted by Gasteiger charge is -2.57. The number of aliphatic hydroxyl groups is 1. The lowest BCUT2D eigenvalue weighted by Crippen LogP contribution is -2.67. The van der Waals surface area contributed by atoms with Crippen molar-refractivity contribution >= 4 is 10.0 Å². The first-order chi connectivity index (χ1) is 16.9. The molecule has 2 aliphatic rings. The number of sulfonamides is 1. The van der Waals surface area contributed by atoms with Crippen molar-refractivity contribution in [1.29, 1.82) is 0 Å². The number of nitrogens with zero attached hydrogens (tertiary/aromatic N) is 2. The second-order valence-electron chi connectivity index (χ2n) is 9.90. The summed E-state index contributed by atoms with van der Waals surface area (Å²) in [6, 6.07) is 24.4. The molecule has 0 spiro atoms. The molecule has 0 aromatic heterocycles. The molecule has 2 aliphatic heterocycles. The maximum atomic E-state index is 13.6. The number of hydrogen-bond donors (Lipinski definition) is 1. The fourth-order valence-corrected chi connectivity index (χ4v) is 7.48. The Hall–Kier alpha value is -2.51. The molecule has 35 heavy (non-hydrogen) atoms. The number of aryl methyl sites for hydroxylation is 2. The summed E-state index contributed by atoms with van der Waals surface area (Å²) >= 11 is 0. The molecule has 2 heterocycles. The van der Waals surface area contributed by atoms with Crippen LogP contribution >= 0.6 is 0 Å². The number of fused-ring (bicyclic) bond motifs is 1. The van der Waals surface area contributed by atoms with Gasteiger partial charge in [-0.1, -0.05) is 72.3 Å². The highest BCUT2D eigenvalue weighted by Crippen LogP contribution is 2.43. The summed E-state index contributed by atoms with van der Waals surface area (Å²) < 4.78 is 28.9. The Bertz CT molecular complexity index is 1270. The summed E-state index contributed by atoms with van der Waals surface area (Å²) in [5.41, 5.74) is 5.51. The number of aliphatic hydroxyl groups excluding tert-OH is 1. The molecule has 0 unspecified atom stereocenters. The highest BCUT2D eigenvalue weighted by Gasteiger charge is 2.50. The maximum absolute atomic E-state index is 13.6. The molecule has 0 saturated carbocycles. The van der Waals surface area contributed by atoms with Gasteiger partial charge in [0.1, 0.15) is 0 Å². The van der Waals surface area contributed by atoms with Crippen LogP contribution in [0.4, 0.5) is 0 Å². The van der Waals surface area contributed by atoms with Crippen LogP contribution in [0.1, 0.15) is 35.4 Å². The minimum atomic E-state index is -3.59. The Labute approximate surface area is 209 Å². The normalized spacial score (nSPS) is 23.7. The number of rotatable bonds is 5. The Morgan fingerprint density at radius 2 is 1.49 bits per heavy atom. The molecule has 0 amide bonds. The van der Waals surface area contributed by atoms with E-state index in [4.69, 9.17) is 0 Å². The van der Waals surface area contributed by atoms with Gasteiger partial charge in [0.2, 0.25) is 10.0 Å². The molecule has 6 heteroatoms. The van der Waals surface area contributed by atoms with E-state index in [0.29, 0.717) is 18.0 Å². The maximum Gasteiger partial charge on any atom is 0.243 e. The standard InChI is InChI=1S/C29H34N2O3S/c1-21-9-11-23(12-10-21)24-13-15-25(16-14-24)29-26-19-30(17-5-6-18-31(26)27(29)20-32)35(33,34)28-8-4-3-7-22(28)2/h3-4,7-16,26-27,29,32H,5-6,17-20H2,1-2H3/t26-,27-,29+/m0/s1. The molecule has 2 fully saturated rings. The van der Waals surface area contributed by atoms with Crippen LogP contribution in [0.15, 0.2) is 77.7 Å². The van der Waals surface area contributed by atoms with Gasteiger partial charge in [0.15, 0.2) is 0 Å². The van der Waals surface area contributed by atoms with Gasteiger partial charge >= 0.3 is 0 Å². The van der Waals surface area contributed by atoms with Gasteiger partial charge in [0.05, 0.1) is 11.5 Å². The quantitative estimate of drug-likeness (QED) is 0.569.